The second-order valence-electron chi connectivity index (χ2n) is 6.41. The number of anilines is 2. The van der Waals surface area contributed by atoms with Crippen molar-refractivity contribution in [3.8, 4) is 17.1 Å². The van der Waals surface area contributed by atoms with E-state index in [0.717, 1.165) is 33.5 Å². The van der Waals surface area contributed by atoms with Crippen molar-refractivity contribution in [2.45, 2.75) is 0 Å². The SMILES string of the molecule is COc1ccc(-c2ccc3cnc(Nc4ccc5ncn(C)c5c4)nn23)cn1. The number of nitrogens with one attached hydrogen (secondary N) is 1. The van der Waals surface area contributed by atoms with Crippen molar-refractivity contribution in [1.82, 2.24) is 29.1 Å². The molecule has 1 N–H and O–H groups in total. The molecule has 0 fully saturated rings. The molecule has 138 valence electrons. The second kappa shape index (κ2) is 6.34. The molecule has 4 heterocycles. The predicted molar refractivity (Wildman–Crippen MR) is 107 cm³/mol. The Morgan fingerprint density at radius 3 is 2.71 bits per heavy atom. The van der Waals surface area contributed by atoms with E-state index in [1.54, 1.807) is 25.8 Å². The van der Waals surface area contributed by atoms with E-state index in [2.05, 4.69) is 25.4 Å². The van der Waals surface area contributed by atoms with Gasteiger partial charge in [-0.15, -0.1) is 5.10 Å². The van der Waals surface area contributed by atoms with E-state index >= 15 is 0 Å². The van der Waals surface area contributed by atoms with Gasteiger partial charge in [-0.2, -0.15) is 0 Å². The van der Waals surface area contributed by atoms with Crippen LogP contribution >= 0.6 is 0 Å². The zero-order valence-electron chi connectivity index (χ0n) is 15.4. The average Bonchev–Trinajstić information content (AvgIpc) is 3.32. The zero-order chi connectivity index (χ0) is 19.1. The van der Waals surface area contributed by atoms with Crippen LogP contribution in [0.4, 0.5) is 11.6 Å². The number of ether oxygens (including phenoxy) is 1. The van der Waals surface area contributed by atoms with E-state index in [-0.39, 0.29) is 0 Å². The van der Waals surface area contributed by atoms with Gasteiger partial charge in [0, 0.05) is 30.6 Å². The van der Waals surface area contributed by atoms with Crippen molar-refractivity contribution < 1.29 is 4.74 Å². The van der Waals surface area contributed by atoms with Gasteiger partial charge in [0.05, 0.1) is 41.9 Å². The van der Waals surface area contributed by atoms with E-state index < -0.39 is 0 Å². The summed E-state index contributed by atoms with van der Waals surface area (Å²) in [5.41, 5.74) is 5.66. The van der Waals surface area contributed by atoms with Gasteiger partial charge < -0.3 is 14.6 Å². The third-order valence-electron chi connectivity index (χ3n) is 4.62. The number of hydrogen-bond donors (Lipinski definition) is 1. The van der Waals surface area contributed by atoms with E-state index in [1.807, 2.05) is 58.6 Å². The molecule has 0 bridgehead atoms. The van der Waals surface area contributed by atoms with Crippen LogP contribution in [0.3, 0.4) is 0 Å². The van der Waals surface area contributed by atoms with Crippen molar-refractivity contribution in [2.75, 3.05) is 12.4 Å². The summed E-state index contributed by atoms with van der Waals surface area (Å²) in [7, 11) is 3.57. The van der Waals surface area contributed by atoms with Gasteiger partial charge in [-0.3, -0.25) is 0 Å². The molecule has 0 saturated heterocycles. The van der Waals surface area contributed by atoms with Crippen LogP contribution in [-0.2, 0) is 7.05 Å². The molecule has 0 aliphatic carbocycles. The Hall–Kier alpha value is -3.94. The zero-order valence-corrected chi connectivity index (χ0v) is 15.4. The van der Waals surface area contributed by atoms with Crippen LogP contribution in [0.15, 0.2) is 61.2 Å². The molecule has 0 spiro atoms. The largest absolute Gasteiger partial charge is 0.481 e. The Kier molecular flexibility index (Phi) is 3.68. The standard InChI is InChI=1S/C20H17N7O/c1-26-12-23-16-6-4-14(9-18(16)26)24-20-22-11-15-5-7-17(27(15)25-20)13-3-8-19(28-2)21-10-13/h3-12H,1-2H3,(H,24,25). The highest BCUT2D eigenvalue weighted by Crippen LogP contribution is 2.24. The molecule has 0 unspecified atom stereocenters. The lowest BCUT2D eigenvalue weighted by Gasteiger charge is -2.08. The van der Waals surface area contributed by atoms with Crippen molar-refractivity contribution >= 4 is 28.2 Å². The van der Waals surface area contributed by atoms with Crippen LogP contribution in [0, 0.1) is 0 Å². The number of benzene rings is 1. The lowest BCUT2D eigenvalue weighted by Crippen LogP contribution is -2.03. The fourth-order valence-electron chi connectivity index (χ4n) is 3.16. The summed E-state index contributed by atoms with van der Waals surface area (Å²) in [5.74, 6) is 1.08. The van der Waals surface area contributed by atoms with Gasteiger partial charge in [0.25, 0.3) is 0 Å². The van der Waals surface area contributed by atoms with E-state index in [1.165, 1.54) is 0 Å². The quantitative estimate of drug-likeness (QED) is 0.521. The first-order valence-corrected chi connectivity index (χ1v) is 8.74. The number of hydrogen-bond acceptors (Lipinski definition) is 6. The Labute approximate surface area is 160 Å². The molecule has 0 aliphatic heterocycles. The summed E-state index contributed by atoms with van der Waals surface area (Å²) >= 11 is 0. The monoisotopic (exact) mass is 371 g/mol. The van der Waals surface area contributed by atoms with Gasteiger partial charge in [0.2, 0.25) is 11.8 Å². The van der Waals surface area contributed by atoms with Crippen molar-refractivity contribution in [3.63, 3.8) is 0 Å². The second-order valence-corrected chi connectivity index (χ2v) is 6.41. The molecule has 8 nitrogen and oxygen atoms in total. The van der Waals surface area contributed by atoms with Gasteiger partial charge >= 0.3 is 0 Å². The maximum atomic E-state index is 5.13. The van der Waals surface area contributed by atoms with Crippen LogP contribution < -0.4 is 10.1 Å². The Balaban J connectivity index is 1.52. The summed E-state index contributed by atoms with van der Waals surface area (Å²) in [6.45, 7) is 0. The van der Waals surface area contributed by atoms with E-state index in [4.69, 9.17) is 4.74 Å². The number of imidazole rings is 1. The molecule has 0 aliphatic rings. The van der Waals surface area contributed by atoms with E-state index in [0.29, 0.717) is 11.8 Å². The molecule has 5 aromatic rings. The fraction of sp³-hybridized carbons (Fsp3) is 0.100. The lowest BCUT2D eigenvalue weighted by molar-refractivity contribution is 0.398. The fourth-order valence-corrected chi connectivity index (χ4v) is 3.16. The number of rotatable bonds is 4. The highest BCUT2D eigenvalue weighted by Gasteiger charge is 2.09. The van der Waals surface area contributed by atoms with Crippen LogP contribution in [-0.4, -0.2) is 36.2 Å². The molecule has 4 aromatic heterocycles. The summed E-state index contributed by atoms with van der Waals surface area (Å²) in [6, 6.07) is 13.7. The Morgan fingerprint density at radius 1 is 0.964 bits per heavy atom. The Morgan fingerprint density at radius 2 is 1.89 bits per heavy atom. The molecule has 8 heteroatoms. The minimum Gasteiger partial charge on any atom is -0.481 e. The van der Waals surface area contributed by atoms with Gasteiger partial charge in [0.15, 0.2) is 0 Å². The lowest BCUT2D eigenvalue weighted by atomic mass is 10.2. The molecule has 0 radical (unpaired) electrons. The van der Waals surface area contributed by atoms with Gasteiger partial charge in [-0.1, -0.05) is 0 Å². The number of pyridine rings is 1. The molecule has 0 saturated carbocycles. The molecule has 0 atom stereocenters. The molecule has 28 heavy (non-hydrogen) atoms. The highest BCUT2D eigenvalue weighted by atomic mass is 16.5. The number of aryl methyl sites for hydroxylation is 1. The van der Waals surface area contributed by atoms with Crippen molar-refractivity contribution in [3.05, 3.63) is 61.2 Å². The third-order valence-corrected chi connectivity index (χ3v) is 4.62. The summed E-state index contributed by atoms with van der Waals surface area (Å²) < 4.78 is 8.96. The third kappa shape index (κ3) is 2.71. The first-order chi connectivity index (χ1) is 13.7. The normalized spacial score (nSPS) is 11.2. The van der Waals surface area contributed by atoms with Gasteiger partial charge in [-0.25, -0.2) is 19.5 Å². The van der Waals surface area contributed by atoms with Gasteiger partial charge in [0.1, 0.15) is 0 Å². The first-order valence-electron chi connectivity index (χ1n) is 8.74. The maximum Gasteiger partial charge on any atom is 0.245 e. The number of nitrogens with zero attached hydrogens (tertiary/aromatic N) is 6. The molecule has 0 amide bonds. The number of aromatic nitrogens is 6. The Bertz CT molecular complexity index is 1290. The molecule has 1 aromatic carbocycles. The van der Waals surface area contributed by atoms with Gasteiger partial charge in [-0.05, 0) is 36.4 Å². The summed E-state index contributed by atoms with van der Waals surface area (Å²) in [5, 5.41) is 7.92. The maximum absolute atomic E-state index is 5.13. The predicted octanol–water partition coefficient (Wildman–Crippen LogP) is 3.43. The average molecular weight is 371 g/mol. The van der Waals surface area contributed by atoms with Crippen molar-refractivity contribution in [1.29, 1.82) is 0 Å². The van der Waals surface area contributed by atoms with Crippen molar-refractivity contribution in [2.24, 2.45) is 7.05 Å². The number of methoxy groups -OCH3 is 1. The molecular formula is C20H17N7O. The summed E-state index contributed by atoms with van der Waals surface area (Å²) in [4.78, 5) is 13.0. The smallest absolute Gasteiger partial charge is 0.245 e. The first kappa shape index (κ1) is 16.2. The number of fused-ring (bicyclic) bond motifs is 2. The topological polar surface area (TPSA) is 82.2 Å². The van der Waals surface area contributed by atoms with Crippen LogP contribution in [0.2, 0.25) is 0 Å². The van der Waals surface area contributed by atoms with Crippen LogP contribution in [0.1, 0.15) is 0 Å². The molecule has 5 rings (SSSR count). The minimum atomic E-state index is 0.507. The van der Waals surface area contributed by atoms with Crippen LogP contribution in [0.5, 0.6) is 5.88 Å². The minimum absolute atomic E-state index is 0.507. The summed E-state index contributed by atoms with van der Waals surface area (Å²) in [6.07, 6.45) is 5.36. The molecular weight excluding hydrogens is 354 g/mol. The van der Waals surface area contributed by atoms with Crippen LogP contribution in [0.25, 0.3) is 27.8 Å². The van der Waals surface area contributed by atoms with E-state index in [9.17, 15) is 0 Å². The highest BCUT2D eigenvalue weighted by molar-refractivity contribution is 5.80.